The summed E-state index contributed by atoms with van der Waals surface area (Å²) in [6, 6.07) is 3.50. The second-order valence-electron chi connectivity index (χ2n) is 5.43. The summed E-state index contributed by atoms with van der Waals surface area (Å²) in [5.41, 5.74) is 1.85. The highest BCUT2D eigenvalue weighted by atomic mass is 19.3. The lowest BCUT2D eigenvalue weighted by atomic mass is 10.0. The van der Waals surface area contributed by atoms with Gasteiger partial charge in [0.05, 0.1) is 12.2 Å². The first-order valence-electron chi connectivity index (χ1n) is 7.71. The van der Waals surface area contributed by atoms with Gasteiger partial charge in [0.15, 0.2) is 0 Å². The van der Waals surface area contributed by atoms with E-state index in [1.165, 1.54) is 0 Å². The SMILES string of the molecule is Cc1nc(NCC(F)F)cc(C2=CCN(c3ncccn3)CC2)n1. The first-order valence-corrected chi connectivity index (χ1v) is 7.71. The van der Waals surface area contributed by atoms with E-state index in [0.29, 0.717) is 24.1 Å². The molecule has 0 amide bonds. The smallest absolute Gasteiger partial charge is 0.255 e. The number of rotatable bonds is 5. The quantitative estimate of drug-likeness (QED) is 0.908. The molecule has 2 aromatic heterocycles. The van der Waals surface area contributed by atoms with Crippen molar-refractivity contribution in [2.24, 2.45) is 0 Å². The molecule has 0 spiro atoms. The number of nitrogens with one attached hydrogen (secondary N) is 1. The van der Waals surface area contributed by atoms with Crippen LogP contribution in [0.4, 0.5) is 20.5 Å². The summed E-state index contributed by atoms with van der Waals surface area (Å²) in [4.78, 5) is 19.1. The van der Waals surface area contributed by atoms with Crippen LogP contribution in [0.25, 0.3) is 5.57 Å². The average molecular weight is 332 g/mol. The van der Waals surface area contributed by atoms with Crippen LogP contribution in [0.5, 0.6) is 0 Å². The largest absolute Gasteiger partial charge is 0.364 e. The summed E-state index contributed by atoms with van der Waals surface area (Å²) >= 11 is 0. The van der Waals surface area contributed by atoms with Crippen LogP contribution in [-0.4, -0.2) is 46.0 Å². The maximum absolute atomic E-state index is 12.3. The molecule has 1 aliphatic rings. The number of halogens is 2. The topological polar surface area (TPSA) is 66.8 Å². The number of alkyl halides is 2. The van der Waals surface area contributed by atoms with Gasteiger partial charge in [0.25, 0.3) is 6.43 Å². The van der Waals surface area contributed by atoms with E-state index in [1.54, 1.807) is 31.5 Å². The van der Waals surface area contributed by atoms with Gasteiger partial charge in [-0.3, -0.25) is 0 Å². The van der Waals surface area contributed by atoms with Crippen molar-refractivity contribution in [3.8, 4) is 0 Å². The van der Waals surface area contributed by atoms with Crippen molar-refractivity contribution < 1.29 is 8.78 Å². The third kappa shape index (κ3) is 4.01. The first kappa shape index (κ1) is 16.2. The molecule has 0 aliphatic carbocycles. The predicted octanol–water partition coefficient (Wildman–Crippen LogP) is 2.55. The highest BCUT2D eigenvalue weighted by molar-refractivity contribution is 5.67. The monoisotopic (exact) mass is 332 g/mol. The lowest BCUT2D eigenvalue weighted by Crippen LogP contribution is -2.29. The van der Waals surface area contributed by atoms with Gasteiger partial charge in [0.1, 0.15) is 11.6 Å². The van der Waals surface area contributed by atoms with Crippen LogP contribution >= 0.6 is 0 Å². The molecule has 126 valence electrons. The Kier molecular flexibility index (Phi) is 4.93. The second-order valence-corrected chi connectivity index (χ2v) is 5.43. The zero-order valence-corrected chi connectivity index (χ0v) is 13.3. The lowest BCUT2D eigenvalue weighted by Gasteiger charge is -2.26. The molecule has 3 heterocycles. The van der Waals surface area contributed by atoms with Crippen molar-refractivity contribution in [2.75, 3.05) is 29.9 Å². The van der Waals surface area contributed by atoms with Gasteiger partial charge in [-0.05, 0) is 25.0 Å². The molecule has 0 unspecified atom stereocenters. The highest BCUT2D eigenvalue weighted by Gasteiger charge is 2.17. The van der Waals surface area contributed by atoms with E-state index in [1.807, 2.05) is 0 Å². The second kappa shape index (κ2) is 7.29. The van der Waals surface area contributed by atoms with Crippen molar-refractivity contribution in [1.82, 2.24) is 19.9 Å². The Bertz CT molecular complexity index is 720. The van der Waals surface area contributed by atoms with Gasteiger partial charge < -0.3 is 10.2 Å². The fraction of sp³-hybridized carbons (Fsp3) is 0.375. The van der Waals surface area contributed by atoms with Gasteiger partial charge in [-0.1, -0.05) is 6.08 Å². The molecule has 1 aliphatic heterocycles. The minimum atomic E-state index is -2.42. The van der Waals surface area contributed by atoms with E-state index >= 15 is 0 Å². The van der Waals surface area contributed by atoms with Gasteiger partial charge in [0, 0.05) is 31.5 Å². The summed E-state index contributed by atoms with van der Waals surface area (Å²) in [5, 5.41) is 2.64. The van der Waals surface area contributed by atoms with Crippen molar-refractivity contribution in [3.63, 3.8) is 0 Å². The van der Waals surface area contributed by atoms with Crippen LogP contribution < -0.4 is 10.2 Å². The molecule has 0 radical (unpaired) electrons. The Balaban J connectivity index is 1.74. The average Bonchev–Trinajstić information content (AvgIpc) is 2.60. The molecule has 0 aromatic carbocycles. The first-order chi connectivity index (χ1) is 11.6. The fourth-order valence-corrected chi connectivity index (χ4v) is 2.54. The standard InChI is InChI=1S/C16H18F2N6/c1-11-22-13(9-15(23-11)21-10-14(17)18)12-3-7-24(8-4-12)16-19-5-2-6-20-16/h2-3,5-6,9,14H,4,7-8,10H2,1H3,(H,21,22,23). The Hall–Kier alpha value is -2.64. The van der Waals surface area contributed by atoms with E-state index in [-0.39, 0.29) is 0 Å². The fourth-order valence-electron chi connectivity index (χ4n) is 2.54. The molecular formula is C16H18F2N6. The summed E-state index contributed by atoms with van der Waals surface area (Å²) in [6.07, 6.45) is 3.87. The molecule has 0 fully saturated rings. The maximum atomic E-state index is 12.3. The number of anilines is 2. The van der Waals surface area contributed by atoms with E-state index in [4.69, 9.17) is 0 Å². The number of hydrogen-bond acceptors (Lipinski definition) is 6. The van der Waals surface area contributed by atoms with Crippen molar-refractivity contribution in [1.29, 1.82) is 0 Å². The van der Waals surface area contributed by atoms with Gasteiger partial charge in [-0.2, -0.15) is 0 Å². The molecule has 0 saturated heterocycles. The van der Waals surface area contributed by atoms with Gasteiger partial charge in [0.2, 0.25) is 5.95 Å². The summed E-state index contributed by atoms with van der Waals surface area (Å²) in [6.45, 7) is 2.79. The van der Waals surface area contributed by atoms with Crippen LogP contribution in [0.1, 0.15) is 17.9 Å². The maximum Gasteiger partial charge on any atom is 0.255 e. The van der Waals surface area contributed by atoms with Crippen molar-refractivity contribution in [3.05, 3.63) is 42.1 Å². The molecule has 2 aromatic rings. The number of aryl methyl sites for hydroxylation is 1. The molecule has 3 rings (SSSR count). The van der Waals surface area contributed by atoms with Crippen LogP contribution in [0.2, 0.25) is 0 Å². The Morgan fingerprint density at radius 1 is 1.25 bits per heavy atom. The third-order valence-electron chi connectivity index (χ3n) is 3.65. The van der Waals surface area contributed by atoms with Crippen molar-refractivity contribution >= 4 is 17.3 Å². The molecule has 0 bridgehead atoms. The molecular weight excluding hydrogens is 314 g/mol. The van der Waals surface area contributed by atoms with Gasteiger partial charge >= 0.3 is 0 Å². The minimum Gasteiger partial charge on any atom is -0.364 e. The molecule has 0 atom stereocenters. The van der Waals surface area contributed by atoms with Crippen LogP contribution in [0.3, 0.4) is 0 Å². The third-order valence-corrected chi connectivity index (χ3v) is 3.65. The molecule has 0 saturated carbocycles. The molecule has 6 nitrogen and oxygen atoms in total. The Morgan fingerprint density at radius 3 is 2.71 bits per heavy atom. The summed E-state index contributed by atoms with van der Waals surface area (Å²) in [7, 11) is 0. The van der Waals surface area contributed by atoms with Crippen LogP contribution in [0, 0.1) is 6.92 Å². The molecule has 1 N–H and O–H groups in total. The molecule has 8 heteroatoms. The zero-order valence-electron chi connectivity index (χ0n) is 13.3. The number of aromatic nitrogens is 4. The zero-order chi connectivity index (χ0) is 16.9. The predicted molar refractivity (Wildman–Crippen MR) is 88.1 cm³/mol. The Labute approximate surface area is 138 Å². The van der Waals surface area contributed by atoms with E-state index in [0.717, 1.165) is 24.2 Å². The summed E-state index contributed by atoms with van der Waals surface area (Å²) < 4.78 is 24.7. The van der Waals surface area contributed by atoms with Crippen molar-refractivity contribution in [2.45, 2.75) is 19.8 Å². The minimum absolute atomic E-state index is 0.423. The van der Waals surface area contributed by atoms with Crippen LogP contribution in [-0.2, 0) is 0 Å². The van der Waals surface area contributed by atoms with E-state index < -0.39 is 13.0 Å². The molecule has 24 heavy (non-hydrogen) atoms. The summed E-state index contributed by atoms with van der Waals surface area (Å²) in [5.74, 6) is 1.68. The highest BCUT2D eigenvalue weighted by Crippen LogP contribution is 2.24. The van der Waals surface area contributed by atoms with E-state index in [2.05, 4.69) is 36.2 Å². The van der Waals surface area contributed by atoms with E-state index in [9.17, 15) is 8.78 Å². The normalized spacial score (nSPS) is 14.7. The number of nitrogens with zero attached hydrogens (tertiary/aromatic N) is 5. The number of hydrogen-bond donors (Lipinski definition) is 1. The van der Waals surface area contributed by atoms with Gasteiger partial charge in [-0.15, -0.1) is 0 Å². The Morgan fingerprint density at radius 2 is 2.04 bits per heavy atom. The van der Waals surface area contributed by atoms with Crippen LogP contribution in [0.15, 0.2) is 30.6 Å². The lowest BCUT2D eigenvalue weighted by molar-refractivity contribution is 0.163. The van der Waals surface area contributed by atoms with Gasteiger partial charge in [-0.25, -0.2) is 28.7 Å².